The SMILES string of the molecule is CC(N)C(=O)N(C)C1CCN(C(=O)OC(C)(C)C)C1. The number of rotatable bonds is 2. The molecule has 6 heteroatoms. The van der Waals surface area contributed by atoms with Crippen molar-refractivity contribution in [3.05, 3.63) is 0 Å². The molecule has 0 aromatic rings. The fraction of sp³-hybridized carbons (Fsp3) is 0.846. The Morgan fingerprint density at radius 3 is 2.47 bits per heavy atom. The highest BCUT2D eigenvalue weighted by Crippen LogP contribution is 2.18. The van der Waals surface area contributed by atoms with Crippen molar-refractivity contribution in [2.45, 2.75) is 51.8 Å². The van der Waals surface area contributed by atoms with Crippen LogP contribution in [0.5, 0.6) is 0 Å². The Balaban J connectivity index is 2.54. The molecule has 2 unspecified atom stereocenters. The standard InChI is InChI=1S/C13H25N3O3/c1-9(14)11(17)15(5)10-6-7-16(8-10)12(18)19-13(2,3)4/h9-10H,6-8,14H2,1-5H3. The lowest BCUT2D eigenvalue weighted by Crippen LogP contribution is -2.46. The number of carbonyl (C=O) groups is 2. The highest BCUT2D eigenvalue weighted by Gasteiger charge is 2.33. The number of hydrogen-bond donors (Lipinski definition) is 1. The third-order valence-electron chi connectivity index (χ3n) is 3.10. The quantitative estimate of drug-likeness (QED) is 0.806. The van der Waals surface area contributed by atoms with E-state index in [9.17, 15) is 9.59 Å². The van der Waals surface area contributed by atoms with Crippen LogP contribution in [0.15, 0.2) is 0 Å². The molecule has 0 aliphatic carbocycles. The maximum absolute atomic E-state index is 11.9. The molecule has 19 heavy (non-hydrogen) atoms. The highest BCUT2D eigenvalue weighted by molar-refractivity contribution is 5.81. The zero-order chi connectivity index (χ0) is 14.8. The summed E-state index contributed by atoms with van der Waals surface area (Å²) in [6.07, 6.45) is 0.436. The highest BCUT2D eigenvalue weighted by atomic mass is 16.6. The molecule has 0 saturated carbocycles. The fourth-order valence-electron chi connectivity index (χ4n) is 2.05. The van der Waals surface area contributed by atoms with Crippen molar-refractivity contribution in [2.24, 2.45) is 5.73 Å². The molecule has 2 N–H and O–H groups in total. The van der Waals surface area contributed by atoms with Crippen molar-refractivity contribution in [3.8, 4) is 0 Å². The van der Waals surface area contributed by atoms with Crippen molar-refractivity contribution >= 4 is 12.0 Å². The van der Waals surface area contributed by atoms with Crippen LogP contribution < -0.4 is 5.73 Å². The fourth-order valence-corrected chi connectivity index (χ4v) is 2.05. The molecular formula is C13H25N3O3. The first-order chi connectivity index (χ1) is 8.61. The summed E-state index contributed by atoms with van der Waals surface area (Å²) in [5.74, 6) is -0.101. The molecule has 0 aromatic heterocycles. The molecule has 2 atom stereocenters. The van der Waals surface area contributed by atoms with E-state index >= 15 is 0 Å². The Kier molecular flexibility index (Phi) is 4.79. The molecule has 0 radical (unpaired) electrons. The summed E-state index contributed by atoms with van der Waals surface area (Å²) in [7, 11) is 1.73. The summed E-state index contributed by atoms with van der Waals surface area (Å²) in [6, 6.07) is -0.494. The van der Waals surface area contributed by atoms with Crippen LogP contribution in [0.25, 0.3) is 0 Å². The molecule has 2 amide bonds. The third-order valence-corrected chi connectivity index (χ3v) is 3.10. The predicted molar refractivity (Wildman–Crippen MR) is 72.6 cm³/mol. The van der Waals surface area contributed by atoms with Crippen molar-refractivity contribution in [1.82, 2.24) is 9.80 Å². The molecule has 110 valence electrons. The minimum absolute atomic E-state index is 0.0195. The second-order valence-corrected chi connectivity index (χ2v) is 6.11. The number of likely N-dealkylation sites (tertiary alicyclic amines) is 1. The summed E-state index contributed by atoms with van der Waals surface area (Å²) in [5.41, 5.74) is 5.09. The Morgan fingerprint density at radius 1 is 1.42 bits per heavy atom. The van der Waals surface area contributed by atoms with Gasteiger partial charge in [-0.05, 0) is 34.1 Å². The molecule has 0 spiro atoms. The van der Waals surface area contributed by atoms with Crippen molar-refractivity contribution in [1.29, 1.82) is 0 Å². The number of carbonyl (C=O) groups excluding carboxylic acids is 2. The van der Waals surface area contributed by atoms with Gasteiger partial charge in [-0.1, -0.05) is 0 Å². The molecule has 6 nitrogen and oxygen atoms in total. The Hall–Kier alpha value is -1.30. The number of hydrogen-bond acceptors (Lipinski definition) is 4. The van der Waals surface area contributed by atoms with E-state index in [1.54, 1.807) is 23.8 Å². The van der Waals surface area contributed by atoms with Crippen LogP contribution in [0.1, 0.15) is 34.1 Å². The number of likely N-dealkylation sites (N-methyl/N-ethyl adjacent to an activating group) is 1. The smallest absolute Gasteiger partial charge is 0.410 e. The van der Waals surface area contributed by atoms with Crippen LogP contribution in [0.3, 0.4) is 0 Å². The molecule has 1 heterocycles. The van der Waals surface area contributed by atoms with Crippen molar-refractivity contribution in [2.75, 3.05) is 20.1 Å². The Morgan fingerprint density at radius 2 is 2.00 bits per heavy atom. The van der Waals surface area contributed by atoms with E-state index in [0.29, 0.717) is 13.1 Å². The lowest BCUT2D eigenvalue weighted by atomic mass is 10.2. The molecule has 1 fully saturated rings. The van der Waals surface area contributed by atoms with E-state index in [1.165, 1.54) is 0 Å². The average Bonchev–Trinajstić information content (AvgIpc) is 2.73. The first-order valence-electron chi connectivity index (χ1n) is 6.62. The maximum Gasteiger partial charge on any atom is 0.410 e. The van der Waals surface area contributed by atoms with E-state index < -0.39 is 11.6 Å². The van der Waals surface area contributed by atoms with Crippen LogP contribution in [-0.2, 0) is 9.53 Å². The molecule has 0 aromatic carbocycles. The van der Waals surface area contributed by atoms with Crippen LogP contribution in [0.2, 0.25) is 0 Å². The minimum Gasteiger partial charge on any atom is -0.444 e. The average molecular weight is 271 g/mol. The zero-order valence-corrected chi connectivity index (χ0v) is 12.5. The van der Waals surface area contributed by atoms with Crippen molar-refractivity contribution in [3.63, 3.8) is 0 Å². The van der Waals surface area contributed by atoms with Gasteiger partial charge in [0.1, 0.15) is 5.60 Å². The first kappa shape index (κ1) is 15.8. The first-order valence-corrected chi connectivity index (χ1v) is 6.62. The largest absolute Gasteiger partial charge is 0.444 e. The number of ether oxygens (including phenoxy) is 1. The summed E-state index contributed by atoms with van der Waals surface area (Å²) in [4.78, 5) is 27.0. The van der Waals surface area contributed by atoms with Gasteiger partial charge in [0.15, 0.2) is 0 Å². The van der Waals surface area contributed by atoms with Gasteiger partial charge in [0.25, 0.3) is 0 Å². The predicted octanol–water partition coefficient (Wildman–Crippen LogP) is 0.801. The van der Waals surface area contributed by atoms with Crippen LogP contribution in [0.4, 0.5) is 4.79 Å². The monoisotopic (exact) mass is 271 g/mol. The molecular weight excluding hydrogens is 246 g/mol. The van der Waals surface area contributed by atoms with Crippen molar-refractivity contribution < 1.29 is 14.3 Å². The maximum atomic E-state index is 11.9. The second kappa shape index (κ2) is 5.77. The van der Waals surface area contributed by atoms with Gasteiger partial charge in [-0.25, -0.2) is 4.79 Å². The van der Waals surface area contributed by atoms with Gasteiger partial charge in [0, 0.05) is 20.1 Å². The number of nitrogens with two attached hydrogens (primary N) is 1. The van der Waals surface area contributed by atoms with Gasteiger partial charge < -0.3 is 20.3 Å². The van der Waals surface area contributed by atoms with Gasteiger partial charge in [-0.3, -0.25) is 4.79 Å². The van der Waals surface area contributed by atoms with Gasteiger partial charge in [0.05, 0.1) is 12.1 Å². The zero-order valence-electron chi connectivity index (χ0n) is 12.5. The van der Waals surface area contributed by atoms with Crippen LogP contribution >= 0.6 is 0 Å². The van der Waals surface area contributed by atoms with Gasteiger partial charge in [-0.15, -0.1) is 0 Å². The van der Waals surface area contributed by atoms with Crippen LogP contribution in [0, 0.1) is 0 Å². The summed E-state index contributed by atoms with van der Waals surface area (Å²) in [5, 5.41) is 0. The normalized spacial score (nSPS) is 21.2. The molecule has 1 aliphatic heterocycles. The molecule has 1 rings (SSSR count). The van der Waals surface area contributed by atoms with Crippen LogP contribution in [-0.4, -0.2) is 59.6 Å². The van der Waals surface area contributed by atoms with Gasteiger partial charge >= 0.3 is 6.09 Å². The van der Waals surface area contributed by atoms with E-state index in [0.717, 1.165) is 6.42 Å². The lowest BCUT2D eigenvalue weighted by Gasteiger charge is -2.27. The van der Waals surface area contributed by atoms with Gasteiger partial charge in [0.2, 0.25) is 5.91 Å². The summed E-state index contributed by atoms with van der Waals surface area (Å²) < 4.78 is 5.32. The number of amides is 2. The topological polar surface area (TPSA) is 75.9 Å². The minimum atomic E-state index is -0.513. The second-order valence-electron chi connectivity index (χ2n) is 6.11. The summed E-state index contributed by atoms with van der Waals surface area (Å²) >= 11 is 0. The molecule has 1 saturated heterocycles. The Labute approximate surface area is 114 Å². The van der Waals surface area contributed by atoms with E-state index in [1.807, 2.05) is 20.8 Å². The summed E-state index contributed by atoms with van der Waals surface area (Å²) in [6.45, 7) is 8.29. The third kappa shape index (κ3) is 4.38. The molecule has 0 bridgehead atoms. The van der Waals surface area contributed by atoms with E-state index in [2.05, 4.69) is 0 Å². The van der Waals surface area contributed by atoms with E-state index in [4.69, 9.17) is 10.5 Å². The number of nitrogens with zero attached hydrogens (tertiary/aromatic N) is 2. The van der Waals surface area contributed by atoms with Gasteiger partial charge in [-0.2, -0.15) is 0 Å². The van der Waals surface area contributed by atoms with E-state index in [-0.39, 0.29) is 18.0 Å². The Bertz CT molecular complexity index is 350. The lowest BCUT2D eigenvalue weighted by molar-refractivity contribution is -0.132. The molecule has 1 aliphatic rings.